The standard InChI is InChI=1S/C17H21F3N2O2/c1-2-3-10-24-16(23)22-8-6-12(7-9-22)14-5-4-13(21)11-15(14)17(18,19)20/h4-6,11H,2-3,7-10,21H2,1H3. The first-order chi connectivity index (χ1) is 11.3. The largest absolute Gasteiger partial charge is 0.449 e. The number of ether oxygens (including phenoxy) is 1. The number of unbranched alkanes of at least 4 members (excludes halogenated alkanes) is 1. The van der Waals surface area contributed by atoms with Crippen molar-refractivity contribution in [2.24, 2.45) is 0 Å². The van der Waals surface area contributed by atoms with Gasteiger partial charge < -0.3 is 15.4 Å². The fourth-order valence-electron chi connectivity index (χ4n) is 2.55. The Morgan fingerprint density at radius 1 is 1.38 bits per heavy atom. The van der Waals surface area contributed by atoms with Gasteiger partial charge in [0.2, 0.25) is 0 Å². The summed E-state index contributed by atoms with van der Waals surface area (Å²) in [6.45, 7) is 2.92. The van der Waals surface area contributed by atoms with Crippen LogP contribution in [0, 0.1) is 0 Å². The quantitative estimate of drug-likeness (QED) is 0.655. The smallest absolute Gasteiger partial charge is 0.417 e. The number of benzene rings is 1. The molecule has 0 radical (unpaired) electrons. The number of amides is 1. The lowest BCUT2D eigenvalue weighted by Gasteiger charge is -2.27. The number of rotatable bonds is 4. The van der Waals surface area contributed by atoms with E-state index in [1.807, 2.05) is 6.92 Å². The highest BCUT2D eigenvalue weighted by Crippen LogP contribution is 2.37. The van der Waals surface area contributed by atoms with Crippen LogP contribution in [0.3, 0.4) is 0 Å². The van der Waals surface area contributed by atoms with Crippen molar-refractivity contribution in [3.63, 3.8) is 0 Å². The Balaban J connectivity index is 2.12. The summed E-state index contributed by atoms with van der Waals surface area (Å²) in [6, 6.07) is 3.79. The molecule has 7 heteroatoms. The van der Waals surface area contributed by atoms with Crippen LogP contribution in [0.25, 0.3) is 5.57 Å². The van der Waals surface area contributed by atoms with Gasteiger partial charge in [0.15, 0.2) is 0 Å². The normalized spacial score (nSPS) is 15.2. The molecule has 24 heavy (non-hydrogen) atoms. The van der Waals surface area contributed by atoms with Crippen LogP contribution in [-0.4, -0.2) is 30.7 Å². The summed E-state index contributed by atoms with van der Waals surface area (Å²) in [7, 11) is 0. The second-order valence-corrected chi connectivity index (χ2v) is 5.70. The van der Waals surface area contributed by atoms with E-state index in [1.165, 1.54) is 17.0 Å². The van der Waals surface area contributed by atoms with Crippen molar-refractivity contribution in [2.45, 2.75) is 32.4 Å². The Hall–Kier alpha value is -2.18. The van der Waals surface area contributed by atoms with Crippen molar-refractivity contribution in [1.82, 2.24) is 4.90 Å². The van der Waals surface area contributed by atoms with Crippen LogP contribution in [0.2, 0.25) is 0 Å². The van der Waals surface area contributed by atoms with Crippen LogP contribution in [0.4, 0.5) is 23.7 Å². The van der Waals surface area contributed by atoms with E-state index in [9.17, 15) is 18.0 Å². The van der Waals surface area contributed by atoms with Crippen molar-refractivity contribution in [3.05, 3.63) is 35.4 Å². The first-order valence-corrected chi connectivity index (χ1v) is 7.90. The summed E-state index contributed by atoms with van der Waals surface area (Å²) in [4.78, 5) is 13.4. The van der Waals surface area contributed by atoms with Gasteiger partial charge >= 0.3 is 12.3 Å². The average molecular weight is 342 g/mol. The number of nitrogen functional groups attached to an aromatic ring is 1. The number of anilines is 1. The summed E-state index contributed by atoms with van der Waals surface area (Å²) in [6.07, 6.45) is -1.19. The molecule has 1 amide bonds. The van der Waals surface area contributed by atoms with E-state index in [0.717, 1.165) is 18.9 Å². The third-order valence-electron chi connectivity index (χ3n) is 3.89. The highest BCUT2D eigenvalue weighted by Gasteiger charge is 2.34. The van der Waals surface area contributed by atoms with Gasteiger partial charge in [0.05, 0.1) is 12.2 Å². The second-order valence-electron chi connectivity index (χ2n) is 5.70. The molecule has 1 aliphatic heterocycles. The van der Waals surface area contributed by atoms with E-state index in [2.05, 4.69) is 0 Å². The topological polar surface area (TPSA) is 55.6 Å². The lowest BCUT2D eigenvalue weighted by Crippen LogP contribution is -2.35. The van der Waals surface area contributed by atoms with E-state index >= 15 is 0 Å². The van der Waals surface area contributed by atoms with Crippen molar-refractivity contribution in [3.8, 4) is 0 Å². The van der Waals surface area contributed by atoms with Crippen molar-refractivity contribution in [2.75, 3.05) is 25.4 Å². The Labute approximate surface area is 139 Å². The van der Waals surface area contributed by atoms with Crippen LogP contribution in [-0.2, 0) is 10.9 Å². The number of halogens is 3. The summed E-state index contributed by atoms with van der Waals surface area (Å²) >= 11 is 0. The molecule has 2 rings (SSSR count). The van der Waals surface area contributed by atoms with Crippen LogP contribution in [0.5, 0.6) is 0 Å². The maximum absolute atomic E-state index is 13.2. The molecule has 0 saturated carbocycles. The van der Waals surface area contributed by atoms with Gasteiger partial charge in [-0.1, -0.05) is 25.5 Å². The Morgan fingerprint density at radius 3 is 2.71 bits per heavy atom. The Kier molecular flexibility index (Phi) is 5.75. The molecule has 1 aromatic rings. The zero-order valence-corrected chi connectivity index (χ0v) is 13.5. The minimum atomic E-state index is -4.47. The minimum Gasteiger partial charge on any atom is -0.449 e. The molecule has 4 nitrogen and oxygen atoms in total. The van der Waals surface area contributed by atoms with Crippen molar-refractivity contribution < 1.29 is 22.7 Å². The fraction of sp³-hybridized carbons (Fsp3) is 0.471. The van der Waals surface area contributed by atoms with Gasteiger partial charge in [0.1, 0.15) is 0 Å². The first kappa shape index (κ1) is 18.2. The van der Waals surface area contributed by atoms with Crippen molar-refractivity contribution >= 4 is 17.4 Å². The van der Waals surface area contributed by atoms with Gasteiger partial charge in [-0.05, 0) is 36.1 Å². The number of carbonyl (C=O) groups is 1. The molecule has 0 fully saturated rings. The van der Waals surface area contributed by atoms with Crippen molar-refractivity contribution in [1.29, 1.82) is 0 Å². The predicted octanol–water partition coefficient (Wildman–Crippen LogP) is 4.31. The molecule has 0 aliphatic carbocycles. The number of hydrogen-bond donors (Lipinski definition) is 1. The summed E-state index contributed by atoms with van der Waals surface area (Å²) < 4.78 is 44.7. The summed E-state index contributed by atoms with van der Waals surface area (Å²) in [5, 5.41) is 0. The molecule has 0 unspecified atom stereocenters. The fourth-order valence-corrected chi connectivity index (χ4v) is 2.55. The molecule has 1 heterocycles. The highest BCUT2D eigenvalue weighted by atomic mass is 19.4. The molecule has 0 atom stereocenters. The number of carbonyl (C=O) groups excluding carboxylic acids is 1. The number of alkyl halides is 3. The average Bonchev–Trinajstić information content (AvgIpc) is 2.54. The molecule has 1 aromatic carbocycles. The highest BCUT2D eigenvalue weighted by molar-refractivity contribution is 5.74. The summed E-state index contributed by atoms with van der Waals surface area (Å²) in [5.74, 6) is 0. The molecule has 0 spiro atoms. The molecule has 1 aliphatic rings. The second kappa shape index (κ2) is 7.59. The van der Waals surface area contributed by atoms with Gasteiger partial charge in [-0.3, -0.25) is 0 Å². The molecule has 0 bridgehead atoms. The lowest BCUT2D eigenvalue weighted by molar-refractivity contribution is -0.137. The van der Waals surface area contributed by atoms with Crippen LogP contribution >= 0.6 is 0 Å². The van der Waals surface area contributed by atoms with Gasteiger partial charge in [-0.2, -0.15) is 13.2 Å². The molecule has 0 saturated heterocycles. The van der Waals surface area contributed by atoms with Gasteiger partial charge in [-0.15, -0.1) is 0 Å². The summed E-state index contributed by atoms with van der Waals surface area (Å²) in [5.41, 5.74) is 5.50. The SMILES string of the molecule is CCCCOC(=O)N1CC=C(c2ccc(N)cc2C(F)(F)F)CC1. The number of nitrogens with two attached hydrogens (primary N) is 1. The minimum absolute atomic E-state index is 0.0728. The molecule has 132 valence electrons. The monoisotopic (exact) mass is 342 g/mol. The van der Waals surface area contributed by atoms with E-state index in [0.29, 0.717) is 25.1 Å². The van der Waals surface area contributed by atoms with E-state index in [-0.39, 0.29) is 17.8 Å². The third-order valence-corrected chi connectivity index (χ3v) is 3.89. The Morgan fingerprint density at radius 2 is 2.12 bits per heavy atom. The first-order valence-electron chi connectivity index (χ1n) is 7.90. The maximum Gasteiger partial charge on any atom is 0.417 e. The zero-order valence-electron chi connectivity index (χ0n) is 13.5. The zero-order chi connectivity index (χ0) is 17.7. The number of nitrogens with zero attached hydrogens (tertiary/aromatic N) is 1. The van der Waals surface area contributed by atoms with E-state index < -0.39 is 17.8 Å². The number of hydrogen-bond acceptors (Lipinski definition) is 3. The Bertz CT molecular complexity index is 627. The maximum atomic E-state index is 13.2. The molecular weight excluding hydrogens is 321 g/mol. The van der Waals surface area contributed by atoms with E-state index in [4.69, 9.17) is 10.5 Å². The van der Waals surface area contributed by atoms with Crippen LogP contribution < -0.4 is 5.73 Å². The van der Waals surface area contributed by atoms with E-state index in [1.54, 1.807) is 6.08 Å². The van der Waals surface area contributed by atoms with Gasteiger partial charge in [-0.25, -0.2) is 4.79 Å². The molecular formula is C17H21F3N2O2. The van der Waals surface area contributed by atoms with Gasteiger partial charge in [0.25, 0.3) is 0 Å². The van der Waals surface area contributed by atoms with Gasteiger partial charge in [0, 0.05) is 18.8 Å². The lowest BCUT2D eigenvalue weighted by atomic mass is 9.94. The van der Waals surface area contributed by atoms with Crippen LogP contribution in [0.15, 0.2) is 24.3 Å². The van der Waals surface area contributed by atoms with Crippen LogP contribution in [0.1, 0.15) is 37.3 Å². The predicted molar refractivity (Wildman–Crippen MR) is 86.3 cm³/mol. The molecule has 0 aromatic heterocycles. The third kappa shape index (κ3) is 4.43. The molecule has 2 N–H and O–H groups in total.